The van der Waals surface area contributed by atoms with Crippen molar-refractivity contribution in [2.45, 2.75) is 44.8 Å². The van der Waals surface area contributed by atoms with Crippen LogP contribution in [0, 0.1) is 0 Å². The third-order valence-electron chi connectivity index (χ3n) is 3.36. The van der Waals surface area contributed by atoms with Crippen molar-refractivity contribution in [1.29, 1.82) is 0 Å². The monoisotopic (exact) mass is 218 g/mol. The highest BCUT2D eigenvalue weighted by Gasteiger charge is 2.31. The van der Waals surface area contributed by atoms with Gasteiger partial charge in [-0.3, -0.25) is 4.90 Å². The first kappa shape index (κ1) is 14.8. The highest BCUT2D eigenvalue weighted by molar-refractivity contribution is 4.88. The van der Waals surface area contributed by atoms with Crippen molar-refractivity contribution >= 4 is 0 Å². The van der Waals surface area contributed by atoms with E-state index >= 15 is 0 Å². The van der Waals surface area contributed by atoms with E-state index in [-0.39, 0.29) is 24.2 Å². The van der Waals surface area contributed by atoms with E-state index in [0.29, 0.717) is 6.61 Å². The summed E-state index contributed by atoms with van der Waals surface area (Å²) in [6.07, 6.45) is 1.01. The molecule has 3 N–H and O–H groups in total. The van der Waals surface area contributed by atoms with Crippen LogP contribution in [0.15, 0.2) is 0 Å². The summed E-state index contributed by atoms with van der Waals surface area (Å²) in [7, 11) is 3.62. The van der Waals surface area contributed by atoms with Crippen LogP contribution in [0.2, 0.25) is 0 Å². The Morgan fingerprint density at radius 3 is 2.33 bits per heavy atom. The lowest BCUT2D eigenvalue weighted by atomic mass is 9.95. The highest BCUT2D eigenvalue weighted by Crippen LogP contribution is 2.20. The molecule has 0 amide bonds. The largest absolute Gasteiger partial charge is 0.395 e. The van der Waals surface area contributed by atoms with Gasteiger partial charge in [-0.15, -0.1) is 0 Å². The average molecular weight is 218 g/mol. The topological polar surface area (TPSA) is 58.7 Å². The molecule has 0 bridgehead atoms. The van der Waals surface area contributed by atoms with Crippen LogP contribution in [-0.2, 0) is 4.74 Å². The molecule has 0 aromatic heterocycles. The number of methoxy groups -OCH3 is 1. The third kappa shape index (κ3) is 4.07. The Hall–Kier alpha value is -0.160. The molecular formula is C11H26N2O2. The first-order chi connectivity index (χ1) is 6.90. The number of rotatable bonds is 7. The van der Waals surface area contributed by atoms with Crippen molar-refractivity contribution in [2.24, 2.45) is 5.73 Å². The fourth-order valence-corrected chi connectivity index (χ4v) is 1.55. The van der Waals surface area contributed by atoms with Gasteiger partial charge in [0.15, 0.2) is 0 Å². The van der Waals surface area contributed by atoms with E-state index in [9.17, 15) is 5.11 Å². The van der Waals surface area contributed by atoms with Crippen LogP contribution < -0.4 is 5.73 Å². The van der Waals surface area contributed by atoms with E-state index in [2.05, 4.69) is 25.7 Å². The van der Waals surface area contributed by atoms with E-state index in [1.54, 1.807) is 7.11 Å². The molecule has 4 heteroatoms. The molecule has 0 aliphatic heterocycles. The van der Waals surface area contributed by atoms with Gasteiger partial charge >= 0.3 is 0 Å². The zero-order valence-corrected chi connectivity index (χ0v) is 10.7. The predicted octanol–water partition coefficient (Wildman–Crippen LogP) is 0.441. The van der Waals surface area contributed by atoms with Crippen LogP contribution in [0.1, 0.15) is 27.2 Å². The summed E-state index contributed by atoms with van der Waals surface area (Å²) in [6, 6.07) is -0.212. The molecule has 92 valence electrons. The Morgan fingerprint density at radius 2 is 2.00 bits per heavy atom. The summed E-state index contributed by atoms with van der Waals surface area (Å²) in [4.78, 5) is 2.14. The summed E-state index contributed by atoms with van der Waals surface area (Å²) in [5.41, 5.74) is 6.01. The van der Waals surface area contributed by atoms with E-state index in [1.807, 2.05) is 7.05 Å². The SMILES string of the molecule is CCC(C)(C)N(C)C(CO)C(N)COC. The number of nitrogens with two attached hydrogens (primary N) is 1. The maximum atomic E-state index is 9.38. The minimum atomic E-state index is -0.157. The molecular weight excluding hydrogens is 192 g/mol. The molecule has 0 saturated heterocycles. The van der Waals surface area contributed by atoms with Crippen LogP contribution >= 0.6 is 0 Å². The Labute approximate surface area is 93.4 Å². The van der Waals surface area contributed by atoms with Crippen LogP contribution in [0.25, 0.3) is 0 Å². The van der Waals surface area contributed by atoms with Crippen LogP contribution in [0.3, 0.4) is 0 Å². The molecule has 0 aromatic rings. The Kier molecular flexibility index (Phi) is 6.36. The zero-order valence-electron chi connectivity index (χ0n) is 10.7. The molecule has 0 spiro atoms. The number of hydrogen-bond donors (Lipinski definition) is 2. The van der Waals surface area contributed by atoms with E-state index in [1.165, 1.54) is 0 Å². The Bertz CT molecular complexity index is 174. The minimum absolute atomic E-state index is 0.0404. The minimum Gasteiger partial charge on any atom is -0.395 e. The normalized spacial score (nSPS) is 16.8. The second kappa shape index (κ2) is 6.43. The maximum absolute atomic E-state index is 9.38. The molecule has 0 radical (unpaired) electrons. The zero-order chi connectivity index (χ0) is 12.1. The molecule has 0 saturated carbocycles. The first-order valence-electron chi connectivity index (χ1n) is 5.49. The Morgan fingerprint density at radius 1 is 1.47 bits per heavy atom. The van der Waals surface area contributed by atoms with Crippen LogP contribution in [-0.4, -0.2) is 55.0 Å². The van der Waals surface area contributed by atoms with Crippen molar-refractivity contribution < 1.29 is 9.84 Å². The van der Waals surface area contributed by atoms with Gasteiger partial charge in [-0.2, -0.15) is 0 Å². The maximum Gasteiger partial charge on any atom is 0.0629 e. The first-order valence-corrected chi connectivity index (χ1v) is 5.49. The van der Waals surface area contributed by atoms with Gasteiger partial charge in [0.2, 0.25) is 0 Å². The fourth-order valence-electron chi connectivity index (χ4n) is 1.55. The number of hydrogen-bond acceptors (Lipinski definition) is 4. The van der Waals surface area contributed by atoms with E-state index in [4.69, 9.17) is 10.5 Å². The molecule has 2 unspecified atom stereocenters. The molecule has 0 heterocycles. The van der Waals surface area contributed by atoms with E-state index in [0.717, 1.165) is 6.42 Å². The van der Waals surface area contributed by atoms with Crippen LogP contribution in [0.5, 0.6) is 0 Å². The van der Waals surface area contributed by atoms with E-state index < -0.39 is 0 Å². The lowest BCUT2D eigenvalue weighted by molar-refractivity contribution is 0.0268. The lowest BCUT2D eigenvalue weighted by Crippen LogP contribution is -2.57. The van der Waals surface area contributed by atoms with Crippen LogP contribution in [0.4, 0.5) is 0 Å². The van der Waals surface area contributed by atoms with Crippen molar-refractivity contribution in [1.82, 2.24) is 4.90 Å². The van der Waals surface area contributed by atoms with Gasteiger partial charge in [0.1, 0.15) is 0 Å². The standard InChI is InChI=1S/C11H26N2O2/c1-6-11(2,3)13(4)10(7-14)9(12)8-15-5/h9-10,14H,6-8,12H2,1-5H3. The van der Waals surface area contributed by atoms with Crippen molar-refractivity contribution in [3.63, 3.8) is 0 Å². The number of aliphatic hydroxyl groups is 1. The van der Waals surface area contributed by atoms with Gasteiger partial charge in [-0.05, 0) is 27.3 Å². The molecule has 15 heavy (non-hydrogen) atoms. The van der Waals surface area contributed by atoms with Gasteiger partial charge < -0.3 is 15.6 Å². The van der Waals surface area contributed by atoms with Crippen molar-refractivity contribution in [3.8, 4) is 0 Å². The summed E-state index contributed by atoms with van der Waals surface area (Å²) < 4.78 is 5.02. The molecule has 2 atom stereocenters. The second-order valence-corrected chi connectivity index (χ2v) is 4.65. The second-order valence-electron chi connectivity index (χ2n) is 4.65. The highest BCUT2D eigenvalue weighted by atomic mass is 16.5. The summed E-state index contributed by atoms with van der Waals surface area (Å²) in [6.45, 7) is 6.96. The van der Waals surface area contributed by atoms with Crippen molar-refractivity contribution in [2.75, 3.05) is 27.4 Å². The molecule has 0 aliphatic rings. The van der Waals surface area contributed by atoms with Gasteiger partial charge in [0.05, 0.1) is 19.3 Å². The average Bonchev–Trinajstić information content (AvgIpc) is 2.19. The Balaban J connectivity index is 4.52. The van der Waals surface area contributed by atoms with Gasteiger partial charge in [-0.25, -0.2) is 0 Å². The van der Waals surface area contributed by atoms with Gasteiger partial charge in [-0.1, -0.05) is 6.92 Å². The fraction of sp³-hybridized carbons (Fsp3) is 1.00. The predicted molar refractivity (Wildman–Crippen MR) is 62.9 cm³/mol. The molecule has 0 aromatic carbocycles. The number of aliphatic hydroxyl groups excluding tert-OH is 1. The molecule has 0 rings (SSSR count). The van der Waals surface area contributed by atoms with Gasteiger partial charge in [0, 0.05) is 18.7 Å². The van der Waals surface area contributed by atoms with Gasteiger partial charge in [0.25, 0.3) is 0 Å². The third-order valence-corrected chi connectivity index (χ3v) is 3.36. The number of ether oxygens (including phenoxy) is 1. The molecule has 0 fully saturated rings. The van der Waals surface area contributed by atoms with Crippen molar-refractivity contribution in [3.05, 3.63) is 0 Å². The summed E-state index contributed by atoms with van der Waals surface area (Å²) in [5.74, 6) is 0. The number of likely N-dealkylation sites (N-methyl/N-ethyl adjacent to an activating group) is 1. The molecule has 4 nitrogen and oxygen atoms in total. The smallest absolute Gasteiger partial charge is 0.0629 e. The quantitative estimate of drug-likeness (QED) is 0.651. The lowest BCUT2D eigenvalue weighted by Gasteiger charge is -2.42. The number of nitrogens with zero attached hydrogens (tertiary/aromatic N) is 1. The summed E-state index contributed by atoms with van der Waals surface area (Å²) >= 11 is 0. The molecule has 0 aliphatic carbocycles. The summed E-state index contributed by atoms with van der Waals surface area (Å²) in [5, 5.41) is 9.38.